The topological polar surface area (TPSA) is 110 Å². The Morgan fingerprint density at radius 3 is 2.40 bits per heavy atom. The molecule has 2 aromatic heterocycles. The second-order valence-corrected chi connectivity index (χ2v) is 9.92. The first-order valence-corrected chi connectivity index (χ1v) is 11.3. The quantitative estimate of drug-likeness (QED) is 0.683. The normalized spacial score (nSPS) is 20.4. The molecule has 1 amide bonds. The number of benzene rings is 1. The maximum Gasteiger partial charge on any atom is 0.295 e. The first kappa shape index (κ1) is 20.4. The number of aromatic nitrogens is 4. The standard InChI is InChI=1S/C20H24N6O3S/c1-13-10-14(2)12-25(11-13)30(28,29)17-6-4-16(5-7-17)22-19(27)18-23-20-21-9-8-15(3)26(20)24-18/h4-9,13-14H,10-12H2,1-3H3,(H,22,27)/t13-,14-/m1/s1. The van der Waals surface area contributed by atoms with Crippen LogP contribution in [0.5, 0.6) is 0 Å². The largest absolute Gasteiger partial charge is 0.319 e. The Kier molecular flexibility index (Phi) is 5.29. The number of sulfonamides is 1. The third-order valence-corrected chi connectivity index (χ3v) is 7.06. The van der Waals surface area contributed by atoms with E-state index in [9.17, 15) is 13.2 Å². The number of aryl methyl sites for hydroxylation is 1. The molecule has 1 aromatic carbocycles. The zero-order valence-corrected chi connectivity index (χ0v) is 17.9. The van der Waals surface area contributed by atoms with Crippen LogP contribution in [-0.4, -0.2) is 51.3 Å². The third kappa shape index (κ3) is 3.92. The molecule has 3 heterocycles. The lowest BCUT2D eigenvalue weighted by Gasteiger charge is -2.34. The van der Waals surface area contributed by atoms with E-state index in [-0.39, 0.29) is 10.7 Å². The van der Waals surface area contributed by atoms with Crippen LogP contribution >= 0.6 is 0 Å². The highest BCUT2D eigenvalue weighted by atomic mass is 32.2. The smallest absolute Gasteiger partial charge is 0.295 e. The lowest BCUT2D eigenvalue weighted by atomic mass is 9.94. The van der Waals surface area contributed by atoms with E-state index in [1.165, 1.54) is 16.6 Å². The fourth-order valence-electron chi connectivity index (χ4n) is 3.85. The Labute approximate surface area is 175 Å². The number of hydrogen-bond donors (Lipinski definition) is 1. The number of anilines is 1. The van der Waals surface area contributed by atoms with Crippen LogP contribution in [0, 0.1) is 18.8 Å². The molecule has 3 aromatic rings. The first-order valence-electron chi connectivity index (χ1n) is 9.84. The van der Waals surface area contributed by atoms with Crippen molar-refractivity contribution in [2.45, 2.75) is 32.1 Å². The Hall–Kier alpha value is -2.85. The minimum absolute atomic E-state index is 0.00945. The fraction of sp³-hybridized carbons (Fsp3) is 0.400. The highest BCUT2D eigenvalue weighted by Gasteiger charge is 2.31. The van der Waals surface area contributed by atoms with Crippen molar-refractivity contribution in [2.24, 2.45) is 11.8 Å². The molecule has 0 spiro atoms. The van der Waals surface area contributed by atoms with E-state index in [2.05, 4.69) is 34.2 Å². The summed E-state index contributed by atoms with van der Waals surface area (Å²) in [5, 5.41) is 6.87. The molecule has 10 heteroatoms. The van der Waals surface area contributed by atoms with Crippen LogP contribution in [0.15, 0.2) is 41.4 Å². The van der Waals surface area contributed by atoms with Crippen molar-refractivity contribution in [3.8, 4) is 0 Å². The second kappa shape index (κ2) is 7.77. The van der Waals surface area contributed by atoms with Crippen LogP contribution in [0.4, 0.5) is 5.69 Å². The van der Waals surface area contributed by atoms with Gasteiger partial charge in [0.2, 0.25) is 15.8 Å². The van der Waals surface area contributed by atoms with Crippen molar-refractivity contribution in [3.63, 3.8) is 0 Å². The summed E-state index contributed by atoms with van der Waals surface area (Å²) in [6, 6.07) is 7.93. The summed E-state index contributed by atoms with van der Waals surface area (Å²) in [4.78, 5) is 20.9. The lowest BCUT2D eigenvalue weighted by molar-refractivity contribution is 0.101. The molecule has 0 bridgehead atoms. The number of rotatable bonds is 4. The number of nitrogens with one attached hydrogen (secondary N) is 1. The van der Waals surface area contributed by atoms with Gasteiger partial charge in [-0.1, -0.05) is 13.8 Å². The molecular formula is C20H24N6O3S. The Balaban J connectivity index is 1.50. The summed E-state index contributed by atoms with van der Waals surface area (Å²) in [7, 11) is -3.56. The zero-order valence-electron chi connectivity index (χ0n) is 17.1. The van der Waals surface area contributed by atoms with Gasteiger partial charge in [-0.05, 0) is 55.5 Å². The zero-order chi connectivity index (χ0) is 21.5. The molecule has 158 valence electrons. The SMILES string of the molecule is Cc1ccnc2nc(C(=O)Nc3ccc(S(=O)(=O)N4C[C@H](C)C[C@@H](C)C4)cc3)nn12. The predicted octanol–water partition coefficient (Wildman–Crippen LogP) is 2.35. The monoisotopic (exact) mass is 428 g/mol. The number of carbonyl (C=O) groups is 1. The fourth-order valence-corrected chi connectivity index (χ4v) is 5.53. The Morgan fingerprint density at radius 1 is 1.10 bits per heavy atom. The predicted molar refractivity (Wildman–Crippen MR) is 112 cm³/mol. The summed E-state index contributed by atoms with van der Waals surface area (Å²) >= 11 is 0. The molecule has 0 unspecified atom stereocenters. The average molecular weight is 429 g/mol. The van der Waals surface area contributed by atoms with Crippen molar-refractivity contribution in [1.29, 1.82) is 0 Å². The first-order chi connectivity index (χ1) is 14.2. The molecule has 9 nitrogen and oxygen atoms in total. The van der Waals surface area contributed by atoms with Gasteiger partial charge in [-0.15, -0.1) is 5.10 Å². The number of amides is 1. The number of hydrogen-bond acceptors (Lipinski definition) is 6. The van der Waals surface area contributed by atoms with Gasteiger partial charge < -0.3 is 5.32 Å². The molecular weight excluding hydrogens is 404 g/mol. The van der Waals surface area contributed by atoms with Crippen molar-refractivity contribution in [1.82, 2.24) is 23.9 Å². The van der Waals surface area contributed by atoms with Gasteiger partial charge in [-0.2, -0.15) is 9.29 Å². The summed E-state index contributed by atoms with van der Waals surface area (Å²) < 4.78 is 29.0. The van der Waals surface area contributed by atoms with Crippen LogP contribution < -0.4 is 5.32 Å². The highest BCUT2D eigenvalue weighted by Crippen LogP contribution is 2.27. The Bertz CT molecular complexity index is 1180. The van der Waals surface area contributed by atoms with Gasteiger partial charge in [0.25, 0.3) is 11.7 Å². The molecule has 0 radical (unpaired) electrons. The maximum atomic E-state index is 13.0. The Morgan fingerprint density at radius 2 is 1.77 bits per heavy atom. The summed E-state index contributed by atoms with van der Waals surface area (Å²) in [6.07, 6.45) is 2.63. The molecule has 1 aliphatic heterocycles. The molecule has 2 atom stereocenters. The van der Waals surface area contributed by atoms with Crippen molar-refractivity contribution >= 4 is 27.4 Å². The van der Waals surface area contributed by atoms with Crippen molar-refractivity contribution < 1.29 is 13.2 Å². The lowest BCUT2D eigenvalue weighted by Crippen LogP contribution is -2.42. The van der Waals surface area contributed by atoms with Gasteiger partial charge in [0.15, 0.2) is 0 Å². The highest BCUT2D eigenvalue weighted by molar-refractivity contribution is 7.89. The summed E-state index contributed by atoms with van der Waals surface area (Å²) in [5.41, 5.74) is 1.27. The van der Waals surface area contributed by atoms with Crippen molar-refractivity contribution in [3.05, 3.63) is 48.0 Å². The van der Waals surface area contributed by atoms with Gasteiger partial charge in [-0.25, -0.2) is 17.9 Å². The number of piperidine rings is 1. The summed E-state index contributed by atoms with van der Waals surface area (Å²) in [5.74, 6) is 0.502. The van der Waals surface area contributed by atoms with E-state index in [0.717, 1.165) is 12.1 Å². The van der Waals surface area contributed by atoms with E-state index < -0.39 is 15.9 Å². The van der Waals surface area contributed by atoms with Gasteiger partial charge in [0.05, 0.1) is 4.90 Å². The van der Waals surface area contributed by atoms with E-state index >= 15 is 0 Å². The van der Waals surface area contributed by atoms with Crippen LogP contribution in [0.2, 0.25) is 0 Å². The van der Waals surface area contributed by atoms with Crippen molar-refractivity contribution in [2.75, 3.05) is 18.4 Å². The molecule has 1 saturated heterocycles. The molecule has 30 heavy (non-hydrogen) atoms. The summed E-state index contributed by atoms with van der Waals surface area (Å²) in [6.45, 7) is 7.03. The van der Waals surface area contributed by atoms with Crippen LogP contribution in [0.3, 0.4) is 0 Å². The van der Waals surface area contributed by atoms with E-state index in [0.29, 0.717) is 36.4 Å². The number of nitrogens with zero attached hydrogens (tertiary/aromatic N) is 5. The molecule has 1 N–H and O–H groups in total. The molecule has 1 fully saturated rings. The third-order valence-electron chi connectivity index (χ3n) is 5.22. The van der Waals surface area contributed by atoms with Gasteiger partial charge in [0, 0.05) is 30.7 Å². The van der Waals surface area contributed by atoms with Crippen LogP contribution in [0.25, 0.3) is 5.78 Å². The molecule has 1 aliphatic rings. The minimum Gasteiger partial charge on any atom is -0.319 e. The van der Waals surface area contributed by atoms with E-state index in [1.54, 1.807) is 28.7 Å². The van der Waals surface area contributed by atoms with Gasteiger partial charge in [-0.3, -0.25) is 4.79 Å². The molecule has 4 rings (SSSR count). The average Bonchev–Trinajstić information content (AvgIpc) is 3.14. The molecule has 0 saturated carbocycles. The van der Waals surface area contributed by atoms with Gasteiger partial charge in [0.1, 0.15) is 0 Å². The van der Waals surface area contributed by atoms with Crippen LogP contribution in [-0.2, 0) is 10.0 Å². The van der Waals surface area contributed by atoms with Crippen LogP contribution in [0.1, 0.15) is 36.6 Å². The maximum absolute atomic E-state index is 13.0. The minimum atomic E-state index is -3.56. The molecule has 0 aliphatic carbocycles. The van der Waals surface area contributed by atoms with Gasteiger partial charge >= 0.3 is 0 Å². The van der Waals surface area contributed by atoms with E-state index in [4.69, 9.17) is 0 Å². The number of carbonyl (C=O) groups excluding carboxylic acids is 1. The van der Waals surface area contributed by atoms with E-state index in [1.807, 2.05) is 6.92 Å². The second-order valence-electron chi connectivity index (χ2n) is 7.98. The number of fused-ring (bicyclic) bond motifs is 1.